The lowest BCUT2D eigenvalue weighted by molar-refractivity contribution is -0.107. The number of allylic oxidation sites excluding steroid dienone is 1. The van der Waals surface area contributed by atoms with Gasteiger partial charge in [-0.2, -0.15) is 0 Å². The van der Waals surface area contributed by atoms with Crippen LogP contribution in [0.5, 0.6) is 0 Å². The van der Waals surface area contributed by atoms with Gasteiger partial charge in [0.1, 0.15) is 6.29 Å². The Hall–Kier alpha value is -1.68. The van der Waals surface area contributed by atoms with Crippen molar-refractivity contribution in [3.05, 3.63) is 34.6 Å². The van der Waals surface area contributed by atoms with Crippen molar-refractivity contribution < 1.29 is 14.7 Å². The minimum atomic E-state index is -1.16. The molecule has 1 heterocycles. The Labute approximate surface area is 91.2 Å². The third-order valence-corrected chi connectivity index (χ3v) is 1.90. The number of hydrogen-bond acceptors (Lipinski definition) is 3. The molecule has 0 spiro atoms. The normalized spacial score (nSPS) is 10.5. The Morgan fingerprint density at radius 3 is 2.87 bits per heavy atom. The fraction of sp³-hybridized carbons (Fsp3) is 0.100. The summed E-state index contributed by atoms with van der Waals surface area (Å²) in [6.45, 7) is 0. The molecule has 78 valence electrons. The molecule has 0 unspecified atom stereocenters. The van der Waals surface area contributed by atoms with Crippen LogP contribution in [0.15, 0.2) is 18.3 Å². The van der Waals surface area contributed by atoms with Crippen LogP contribution < -0.4 is 0 Å². The van der Waals surface area contributed by atoms with Crippen molar-refractivity contribution in [1.82, 2.24) is 4.98 Å². The lowest BCUT2D eigenvalue weighted by Crippen LogP contribution is -2.01. The topological polar surface area (TPSA) is 67.3 Å². The molecule has 15 heavy (non-hydrogen) atoms. The van der Waals surface area contributed by atoms with E-state index < -0.39 is 5.97 Å². The maximum absolute atomic E-state index is 10.6. The Balaban J connectivity index is 2.91. The standard InChI is InChI=1S/C10H8ClNO3/c11-8-5-7(3-1-2-4-13)6-12-9(8)10(14)15/h1,3-6H,2H2,(H,14,15). The van der Waals surface area contributed by atoms with Gasteiger partial charge in [-0.15, -0.1) is 0 Å². The van der Waals surface area contributed by atoms with E-state index in [-0.39, 0.29) is 10.7 Å². The smallest absolute Gasteiger partial charge is 0.356 e. The maximum atomic E-state index is 10.6. The Kier molecular flexibility index (Phi) is 4.00. The molecule has 1 aromatic heterocycles. The Bertz CT molecular complexity index is 415. The van der Waals surface area contributed by atoms with Gasteiger partial charge in [-0.05, 0) is 11.6 Å². The SMILES string of the molecule is O=CCC=Cc1cnc(C(=O)O)c(Cl)c1. The summed E-state index contributed by atoms with van der Waals surface area (Å²) < 4.78 is 0. The highest BCUT2D eigenvalue weighted by Crippen LogP contribution is 2.16. The molecule has 0 fully saturated rings. The van der Waals surface area contributed by atoms with Gasteiger partial charge in [0.15, 0.2) is 5.69 Å². The van der Waals surface area contributed by atoms with Gasteiger partial charge >= 0.3 is 5.97 Å². The van der Waals surface area contributed by atoms with E-state index in [1.54, 1.807) is 12.2 Å². The van der Waals surface area contributed by atoms with Crippen molar-refractivity contribution in [3.8, 4) is 0 Å². The predicted octanol–water partition coefficient (Wildman–Crippen LogP) is 2.04. The summed E-state index contributed by atoms with van der Waals surface area (Å²) in [7, 11) is 0. The molecule has 0 atom stereocenters. The highest BCUT2D eigenvalue weighted by molar-refractivity contribution is 6.33. The first kappa shape index (κ1) is 11.4. The van der Waals surface area contributed by atoms with E-state index in [4.69, 9.17) is 16.7 Å². The van der Waals surface area contributed by atoms with E-state index in [0.29, 0.717) is 12.0 Å². The molecule has 0 bridgehead atoms. The fourth-order valence-electron chi connectivity index (χ4n) is 0.961. The first-order chi connectivity index (χ1) is 7.15. The van der Waals surface area contributed by atoms with Crippen LogP contribution in [-0.2, 0) is 4.79 Å². The average molecular weight is 226 g/mol. The number of carbonyl (C=O) groups excluding carboxylic acids is 1. The monoisotopic (exact) mass is 225 g/mol. The van der Waals surface area contributed by atoms with Crippen LogP contribution in [-0.4, -0.2) is 22.3 Å². The lowest BCUT2D eigenvalue weighted by atomic mass is 10.2. The molecular weight excluding hydrogens is 218 g/mol. The third kappa shape index (κ3) is 3.18. The molecular formula is C10H8ClNO3. The van der Waals surface area contributed by atoms with Crippen molar-refractivity contribution in [2.24, 2.45) is 0 Å². The van der Waals surface area contributed by atoms with Crippen molar-refractivity contribution >= 4 is 29.9 Å². The molecule has 4 nitrogen and oxygen atoms in total. The number of aromatic nitrogens is 1. The molecule has 0 aromatic carbocycles. The van der Waals surface area contributed by atoms with E-state index >= 15 is 0 Å². The second kappa shape index (κ2) is 5.26. The first-order valence-corrected chi connectivity index (χ1v) is 4.52. The van der Waals surface area contributed by atoms with E-state index in [0.717, 1.165) is 6.29 Å². The van der Waals surface area contributed by atoms with Crippen molar-refractivity contribution in [1.29, 1.82) is 0 Å². The van der Waals surface area contributed by atoms with Gasteiger partial charge in [0.2, 0.25) is 0 Å². The molecule has 0 saturated heterocycles. The molecule has 5 heteroatoms. The second-order valence-electron chi connectivity index (χ2n) is 2.71. The van der Waals surface area contributed by atoms with Crippen LogP contribution in [0.4, 0.5) is 0 Å². The van der Waals surface area contributed by atoms with Crippen LogP contribution in [0.2, 0.25) is 5.02 Å². The number of rotatable bonds is 4. The van der Waals surface area contributed by atoms with Gasteiger partial charge in [-0.1, -0.05) is 23.8 Å². The number of carboxylic acids is 1. The van der Waals surface area contributed by atoms with Crippen molar-refractivity contribution in [2.45, 2.75) is 6.42 Å². The fourth-order valence-corrected chi connectivity index (χ4v) is 1.22. The Morgan fingerprint density at radius 2 is 2.33 bits per heavy atom. The zero-order valence-electron chi connectivity index (χ0n) is 7.68. The number of hydrogen-bond donors (Lipinski definition) is 1. The Morgan fingerprint density at radius 1 is 1.60 bits per heavy atom. The van der Waals surface area contributed by atoms with E-state index in [9.17, 15) is 9.59 Å². The summed E-state index contributed by atoms with van der Waals surface area (Å²) in [6, 6.07) is 1.49. The number of aldehydes is 1. The molecule has 0 radical (unpaired) electrons. The predicted molar refractivity (Wildman–Crippen MR) is 55.9 cm³/mol. The minimum absolute atomic E-state index is 0.0794. The number of pyridine rings is 1. The number of aromatic carboxylic acids is 1. The molecule has 0 aliphatic rings. The van der Waals surface area contributed by atoms with Gasteiger partial charge < -0.3 is 9.90 Å². The number of carbonyl (C=O) groups is 2. The summed E-state index contributed by atoms with van der Waals surface area (Å²) in [5, 5.41) is 8.74. The summed E-state index contributed by atoms with van der Waals surface area (Å²) >= 11 is 5.69. The number of carboxylic acid groups (broad SMARTS) is 1. The molecule has 1 rings (SSSR count). The summed E-state index contributed by atoms with van der Waals surface area (Å²) in [4.78, 5) is 24.3. The van der Waals surface area contributed by atoms with Crippen LogP contribution >= 0.6 is 11.6 Å². The van der Waals surface area contributed by atoms with E-state index in [1.807, 2.05) is 0 Å². The van der Waals surface area contributed by atoms with E-state index in [2.05, 4.69) is 4.98 Å². The minimum Gasteiger partial charge on any atom is -0.476 e. The van der Waals surface area contributed by atoms with Gasteiger partial charge in [-0.3, -0.25) is 0 Å². The highest BCUT2D eigenvalue weighted by atomic mass is 35.5. The number of halogens is 1. The van der Waals surface area contributed by atoms with Crippen molar-refractivity contribution in [3.63, 3.8) is 0 Å². The highest BCUT2D eigenvalue weighted by Gasteiger charge is 2.09. The quantitative estimate of drug-likeness (QED) is 0.797. The second-order valence-corrected chi connectivity index (χ2v) is 3.12. The molecule has 1 aromatic rings. The molecule has 0 aliphatic carbocycles. The summed E-state index contributed by atoms with van der Waals surface area (Å²) in [6.07, 6.45) is 5.74. The van der Waals surface area contributed by atoms with Gasteiger partial charge in [0, 0.05) is 12.6 Å². The van der Waals surface area contributed by atoms with Crippen LogP contribution in [0.1, 0.15) is 22.5 Å². The van der Waals surface area contributed by atoms with Gasteiger partial charge in [-0.25, -0.2) is 9.78 Å². The molecule has 0 aliphatic heterocycles. The number of nitrogens with zero attached hydrogens (tertiary/aromatic N) is 1. The lowest BCUT2D eigenvalue weighted by Gasteiger charge is -1.98. The van der Waals surface area contributed by atoms with Crippen molar-refractivity contribution in [2.75, 3.05) is 0 Å². The van der Waals surface area contributed by atoms with Gasteiger partial charge in [0.05, 0.1) is 5.02 Å². The summed E-state index contributed by atoms with van der Waals surface area (Å²) in [5.74, 6) is -1.16. The third-order valence-electron chi connectivity index (χ3n) is 1.61. The zero-order chi connectivity index (χ0) is 11.3. The van der Waals surface area contributed by atoms with Crippen LogP contribution in [0, 0.1) is 0 Å². The molecule has 1 N–H and O–H groups in total. The maximum Gasteiger partial charge on any atom is 0.356 e. The van der Waals surface area contributed by atoms with Crippen LogP contribution in [0.3, 0.4) is 0 Å². The first-order valence-electron chi connectivity index (χ1n) is 4.14. The largest absolute Gasteiger partial charge is 0.476 e. The average Bonchev–Trinajstić information content (AvgIpc) is 2.17. The summed E-state index contributed by atoms with van der Waals surface area (Å²) in [5.41, 5.74) is 0.482. The zero-order valence-corrected chi connectivity index (χ0v) is 8.44. The van der Waals surface area contributed by atoms with Crippen LogP contribution in [0.25, 0.3) is 6.08 Å². The molecule has 0 saturated carbocycles. The molecule has 0 amide bonds. The van der Waals surface area contributed by atoms with Gasteiger partial charge in [0.25, 0.3) is 0 Å². The van der Waals surface area contributed by atoms with E-state index in [1.165, 1.54) is 12.3 Å².